The summed E-state index contributed by atoms with van der Waals surface area (Å²) in [5.41, 5.74) is 0.106. The highest BCUT2D eigenvalue weighted by Gasteiger charge is 2.24. The van der Waals surface area contributed by atoms with E-state index in [1.165, 1.54) is 0 Å². The number of morpholine rings is 1. The van der Waals surface area contributed by atoms with Crippen molar-refractivity contribution >= 4 is 16.0 Å². The average Bonchev–Trinajstić information content (AvgIpc) is 2.69. The molecule has 9 heteroatoms. The van der Waals surface area contributed by atoms with Gasteiger partial charge in [0.1, 0.15) is 0 Å². The molecule has 8 nitrogen and oxygen atoms in total. The van der Waals surface area contributed by atoms with Gasteiger partial charge in [-0.15, -0.1) is 0 Å². The molecule has 0 amide bonds. The van der Waals surface area contributed by atoms with Gasteiger partial charge < -0.3 is 15.4 Å². The van der Waals surface area contributed by atoms with Crippen LogP contribution >= 0.6 is 0 Å². The van der Waals surface area contributed by atoms with E-state index in [0.717, 1.165) is 39.4 Å². The van der Waals surface area contributed by atoms with Crippen LogP contribution < -0.4 is 15.4 Å². The van der Waals surface area contributed by atoms with Gasteiger partial charge in [-0.25, -0.2) is 18.1 Å². The molecule has 0 spiro atoms. The van der Waals surface area contributed by atoms with Gasteiger partial charge in [0.05, 0.1) is 24.7 Å². The second kappa shape index (κ2) is 11.1. The summed E-state index contributed by atoms with van der Waals surface area (Å²) in [6, 6.07) is 7.35. The quantitative estimate of drug-likeness (QED) is 0.420. The lowest BCUT2D eigenvalue weighted by Gasteiger charge is -2.32. The van der Waals surface area contributed by atoms with Crippen molar-refractivity contribution in [1.82, 2.24) is 20.3 Å². The van der Waals surface area contributed by atoms with Crippen molar-refractivity contribution in [2.75, 3.05) is 39.4 Å². The Balaban J connectivity index is 2.09. The molecule has 1 heterocycles. The van der Waals surface area contributed by atoms with Gasteiger partial charge in [-0.2, -0.15) is 0 Å². The summed E-state index contributed by atoms with van der Waals surface area (Å²) in [5.74, 6) is 0.675. The van der Waals surface area contributed by atoms with Crippen molar-refractivity contribution in [3.05, 3.63) is 29.8 Å². The molecule has 1 aliphatic rings. The Kier molecular flexibility index (Phi) is 9.09. The summed E-state index contributed by atoms with van der Waals surface area (Å²) in [6.07, 6.45) is 0. The van der Waals surface area contributed by atoms with Crippen LogP contribution in [-0.2, 0) is 21.3 Å². The third-order valence-electron chi connectivity index (χ3n) is 4.69. The normalized spacial score (nSPS) is 17.6. The molecule has 170 valence electrons. The third kappa shape index (κ3) is 7.86. The van der Waals surface area contributed by atoms with Crippen LogP contribution in [-0.4, -0.2) is 70.3 Å². The van der Waals surface area contributed by atoms with E-state index in [1.54, 1.807) is 18.2 Å². The Hall–Kier alpha value is -1.68. The lowest BCUT2D eigenvalue weighted by molar-refractivity contribution is 0.0211. The van der Waals surface area contributed by atoms with Gasteiger partial charge in [0.25, 0.3) is 0 Å². The monoisotopic (exact) mass is 439 g/mol. The van der Waals surface area contributed by atoms with Crippen molar-refractivity contribution in [2.45, 2.75) is 57.6 Å². The summed E-state index contributed by atoms with van der Waals surface area (Å²) in [6.45, 7) is 14.8. The first-order valence-electron chi connectivity index (χ1n) is 10.6. The van der Waals surface area contributed by atoms with E-state index in [0.29, 0.717) is 17.6 Å². The molecule has 1 aromatic carbocycles. The van der Waals surface area contributed by atoms with Crippen LogP contribution in [0.15, 0.2) is 34.2 Å². The smallest absolute Gasteiger partial charge is 0.241 e. The van der Waals surface area contributed by atoms with Crippen molar-refractivity contribution in [3.8, 4) is 0 Å². The zero-order valence-electron chi connectivity index (χ0n) is 18.9. The first-order valence-corrected chi connectivity index (χ1v) is 12.1. The maximum Gasteiger partial charge on any atom is 0.241 e. The number of ether oxygens (including phenoxy) is 1. The van der Waals surface area contributed by atoms with E-state index in [1.807, 2.05) is 33.8 Å². The van der Waals surface area contributed by atoms with E-state index >= 15 is 0 Å². The molecule has 1 saturated heterocycles. The Morgan fingerprint density at radius 2 is 1.87 bits per heavy atom. The molecule has 1 unspecified atom stereocenters. The molecule has 2 rings (SSSR count). The number of sulfonamides is 1. The number of benzene rings is 1. The number of hydrogen-bond acceptors (Lipinski definition) is 5. The van der Waals surface area contributed by atoms with Crippen LogP contribution in [0.1, 0.15) is 40.2 Å². The lowest BCUT2D eigenvalue weighted by Crippen LogP contribution is -2.49. The second-order valence-corrected chi connectivity index (χ2v) is 10.2. The van der Waals surface area contributed by atoms with Gasteiger partial charge >= 0.3 is 0 Å². The minimum absolute atomic E-state index is 0.265. The molecule has 0 saturated carbocycles. The molecule has 1 atom stereocenters. The Bertz CT molecular complexity index is 799. The average molecular weight is 440 g/mol. The second-order valence-electron chi connectivity index (χ2n) is 8.54. The number of hydrogen-bond donors (Lipinski definition) is 3. The fourth-order valence-corrected chi connectivity index (χ4v) is 4.90. The summed E-state index contributed by atoms with van der Waals surface area (Å²) in [4.78, 5) is 7.28. The summed E-state index contributed by atoms with van der Waals surface area (Å²) < 4.78 is 33.8. The molecular weight excluding hydrogens is 402 g/mol. The SMILES string of the molecule is CCNC(=NCc1ccccc1S(=O)(=O)NC(C)(C)C)NCC(C)N1CCOCC1. The first kappa shape index (κ1) is 24.6. The number of guanidine groups is 1. The van der Waals surface area contributed by atoms with Gasteiger partial charge in [0.15, 0.2) is 5.96 Å². The van der Waals surface area contributed by atoms with Crippen LogP contribution in [0.25, 0.3) is 0 Å². The fourth-order valence-electron chi connectivity index (χ4n) is 3.25. The van der Waals surface area contributed by atoms with Gasteiger partial charge in [0.2, 0.25) is 10.0 Å². The summed E-state index contributed by atoms with van der Waals surface area (Å²) in [7, 11) is -3.63. The highest BCUT2D eigenvalue weighted by atomic mass is 32.2. The summed E-state index contributed by atoms with van der Waals surface area (Å²) >= 11 is 0. The largest absolute Gasteiger partial charge is 0.379 e. The maximum atomic E-state index is 12.8. The molecule has 0 bridgehead atoms. The molecule has 0 aliphatic carbocycles. The third-order valence-corrected chi connectivity index (χ3v) is 6.55. The van der Waals surface area contributed by atoms with Crippen molar-refractivity contribution < 1.29 is 13.2 Å². The van der Waals surface area contributed by atoms with Crippen molar-refractivity contribution in [2.24, 2.45) is 4.99 Å². The zero-order valence-corrected chi connectivity index (χ0v) is 19.7. The molecule has 3 N–H and O–H groups in total. The van der Waals surface area contributed by atoms with Gasteiger partial charge in [-0.05, 0) is 46.2 Å². The van der Waals surface area contributed by atoms with Gasteiger partial charge in [-0.1, -0.05) is 18.2 Å². The maximum absolute atomic E-state index is 12.8. The van der Waals surface area contributed by atoms with Gasteiger partial charge in [-0.3, -0.25) is 4.90 Å². The van der Waals surface area contributed by atoms with Crippen LogP contribution in [0.2, 0.25) is 0 Å². The molecule has 1 fully saturated rings. The van der Waals surface area contributed by atoms with Crippen molar-refractivity contribution in [3.63, 3.8) is 0 Å². The Morgan fingerprint density at radius 3 is 2.50 bits per heavy atom. The highest BCUT2D eigenvalue weighted by molar-refractivity contribution is 7.89. The predicted molar refractivity (Wildman–Crippen MR) is 121 cm³/mol. The Labute approximate surface area is 181 Å². The molecule has 0 aromatic heterocycles. The topological polar surface area (TPSA) is 95.1 Å². The molecule has 0 radical (unpaired) electrons. The molecule has 1 aromatic rings. The van der Waals surface area contributed by atoms with Crippen LogP contribution in [0.5, 0.6) is 0 Å². The standard InChI is InChI=1S/C21H37N5O3S/c1-6-22-20(23-15-17(2)26-11-13-29-14-12-26)24-16-18-9-7-8-10-19(18)30(27,28)25-21(3,4)5/h7-10,17,25H,6,11-16H2,1-5H3,(H2,22,23,24). The van der Waals surface area contributed by atoms with Crippen molar-refractivity contribution in [1.29, 1.82) is 0 Å². The number of rotatable bonds is 8. The van der Waals surface area contributed by atoms with E-state index in [9.17, 15) is 8.42 Å². The van der Waals surface area contributed by atoms with Crippen LogP contribution in [0, 0.1) is 0 Å². The zero-order chi connectivity index (χ0) is 22.2. The molecule has 30 heavy (non-hydrogen) atoms. The first-order chi connectivity index (χ1) is 14.1. The van der Waals surface area contributed by atoms with E-state index in [4.69, 9.17) is 4.74 Å². The van der Waals surface area contributed by atoms with E-state index < -0.39 is 15.6 Å². The number of aliphatic imine (C=N–C) groups is 1. The van der Waals surface area contributed by atoms with Gasteiger partial charge in [0, 0.05) is 37.8 Å². The number of nitrogens with zero attached hydrogens (tertiary/aromatic N) is 2. The molecule has 1 aliphatic heterocycles. The van der Waals surface area contributed by atoms with Crippen LogP contribution in [0.3, 0.4) is 0 Å². The lowest BCUT2D eigenvalue weighted by atomic mass is 10.1. The Morgan fingerprint density at radius 1 is 1.20 bits per heavy atom. The van der Waals surface area contributed by atoms with Crippen LogP contribution in [0.4, 0.5) is 0 Å². The van der Waals surface area contributed by atoms with E-state index in [-0.39, 0.29) is 11.4 Å². The predicted octanol–water partition coefficient (Wildman–Crippen LogP) is 1.54. The van der Waals surface area contributed by atoms with E-state index in [2.05, 4.69) is 32.2 Å². The highest BCUT2D eigenvalue weighted by Crippen LogP contribution is 2.18. The number of nitrogens with one attached hydrogen (secondary N) is 3. The minimum atomic E-state index is -3.63. The summed E-state index contributed by atoms with van der Waals surface area (Å²) in [5, 5.41) is 6.61. The minimum Gasteiger partial charge on any atom is -0.379 e. The molecular formula is C21H37N5O3S. The fraction of sp³-hybridized carbons (Fsp3) is 0.667.